The van der Waals surface area contributed by atoms with Crippen molar-refractivity contribution in [1.82, 2.24) is 10.2 Å². The van der Waals surface area contributed by atoms with Gasteiger partial charge in [-0.05, 0) is 50.0 Å². The average Bonchev–Trinajstić information content (AvgIpc) is 2.48. The van der Waals surface area contributed by atoms with Gasteiger partial charge in [-0.2, -0.15) is 0 Å². The Hall–Kier alpha value is -1.00. The minimum atomic E-state index is -2.38. The number of nitrogens with one attached hydrogen (secondary N) is 1. The first kappa shape index (κ1) is 15.4. The van der Waals surface area contributed by atoms with Crippen molar-refractivity contribution >= 4 is 0 Å². The second kappa shape index (κ2) is 7.70. The van der Waals surface area contributed by atoms with Gasteiger partial charge in [0.1, 0.15) is 0 Å². The molecule has 0 unspecified atom stereocenters. The molecule has 1 aromatic rings. The lowest BCUT2D eigenvalue weighted by Gasteiger charge is -2.29. The van der Waals surface area contributed by atoms with Gasteiger partial charge in [0.2, 0.25) is 0 Å². The zero-order valence-corrected chi connectivity index (χ0v) is 12.1. The summed E-state index contributed by atoms with van der Waals surface area (Å²) in [6.07, 6.45) is 0.0516. The highest BCUT2D eigenvalue weighted by Crippen LogP contribution is 2.21. The van der Waals surface area contributed by atoms with Crippen LogP contribution >= 0.6 is 0 Å². The Morgan fingerprint density at radius 2 is 2.05 bits per heavy atom. The van der Waals surface area contributed by atoms with E-state index in [0.717, 1.165) is 44.2 Å². The SMILES string of the molecule is CCN(Cc1cccc(C(F)F)c1)CC1CCNCC1. The molecule has 1 saturated heterocycles. The molecule has 1 fully saturated rings. The Morgan fingerprint density at radius 3 is 2.70 bits per heavy atom. The molecule has 0 radical (unpaired) electrons. The molecule has 0 bridgehead atoms. The van der Waals surface area contributed by atoms with Crippen LogP contribution in [0.4, 0.5) is 8.78 Å². The normalized spacial score (nSPS) is 17.1. The minimum absolute atomic E-state index is 0.125. The van der Waals surface area contributed by atoms with E-state index >= 15 is 0 Å². The van der Waals surface area contributed by atoms with Crippen LogP contribution < -0.4 is 5.32 Å². The van der Waals surface area contributed by atoms with E-state index in [0.29, 0.717) is 0 Å². The smallest absolute Gasteiger partial charge is 0.263 e. The predicted octanol–water partition coefficient (Wildman–Crippen LogP) is 3.45. The summed E-state index contributed by atoms with van der Waals surface area (Å²) >= 11 is 0. The van der Waals surface area contributed by atoms with Crippen molar-refractivity contribution in [2.75, 3.05) is 26.2 Å². The molecular weight excluding hydrogens is 258 g/mol. The van der Waals surface area contributed by atoms with Gasteiger partial charge in [0.25, 0.3) is 6.43 Å². The lowest BCUT2D eigenvalue weighted by atomic mass is 9.97. The van der Waals surface area contributed by atoms with E-state index in [2.05, 4.69) is 17.1 Å². The van der Waals surface area contributed by atoms with Crippen LogP contribution in [0, 0.1) is 5.92 Å². The maximum Gasteiger partial charge on any atom is 0.263 e. The third kappa shape index (κ3) is 4.53. The highest BCUT2D eigenvalue weighted by atomic mass is 19.3. The monoisotopic (exact) mass is 282 g/mol. The van der Waals surface area contributed by atoms with E-state index in [1.807, 2.05) is 6.07 Å². The van der Waals surface area contributed by atoms with Gasteiger partial charge < -0.3 is 5.32 Å². The number of hydrogen-bond donors (Lipinski definition) is 1. The van der Waals surface area contributed by atoms with Gasteiger partial charge in [-0.3, -0.25) is 4.90 Å². The number of nitrogens with zero attached hydrogens (tertiary/aromatic N) is 1. The molecule has 1 N–H and O–H groups in total. The van der Waals surface area contributed by atoms with Crippen LogP contribution in [-0.4, -0.2) is 31.1 Å². The maximum absolute atomic E-state index is 12.7. The molecule has 0 atom stereocenters. The van der Waals surface area contributed by atoms with Crippen LogP contribution in [0.2, 0.25) is 0 Å². The van der Waals surface area contributed by atoms with E-state index in [9.17, 15) is 8.78 Å². The van der Waals surface area contributed by atoms with Crippen molar-refractivity contribution in [3.8, 4) is 0 Å². The van der Waals surface area contributed by atoms with E-state index in [1.165, 1.54) is 18.9 Å². The fourth-order valence-electron chi connectivity index (χ4n) is 2.82. The Kier molecular flexibility index (Phi) is 5.92. The summed E-state index contributed by atoms with van der Waals surface area (Å²) in [5.74, 6) is 0.731. The summed E-state index contributed by atoms with van der Waals surface area (Å²) in [5, 5.41) is 3.37. The van der Waals surface area contributed by atoms with Crippen molar-refractivity contribution in [1.29, 1.82) is 0 Å². The maximum atomic E-state index is 12.7. The van der Waals surface area contributed by atoms with Crippen molar-refractivity contribution < 1.29 is 8.78 Å². The van der Waals surface area contributed by atoms with Crippen LogP contribution in [0.3, 0.4) is 0 Å². The molecule has 1 aromatic carbocycles. The summed E-state index contributed by atoms with van der Waals surface area (Å²) in [6.45, 7) is 7.13. The summed E-state index contributed by atoms with van der Waals surface area (Å²) in [4.78, 5) is 2.36. The van der Waals surface area contributed by atoms with Crippen LogP contribution in [-0.2, 0) is 6.54 Å². The first-order chi connectivity index (χ1) is 9.69. The van der Waals surface area contributed by atoms with Crippen molar-refractivity contribution in [3.05, 3.63) is 35.4 Å². The second-order valence-electron chi connectivity index (χ2n) is 5.57. The molecule has 1 aliphatic heterocycles. The van der Waals surface area contributed by atoms with E-state index in [-0.39, 0.29) is 5.56 Å². The average molecular weight is 282 g/mol. The van der Waals surface area contributed by atoms with Crippen LogP contribution in [0.25, 0.3) is 0 Å². The molecule has 1 heterocycles. The molecule has 0 saturated carbocycles. The zero-order valence-electron chi connectivity index (χ0n) is 12.1. The largest absolute Gasteiger partial charge is 0.317 e. The van der Waals surface area contributed by atoms with Gasteiger partial charge in [0.15, 0.2) is 0 Å². The highest BCUT2D eigenvalue weighted by molar-refractivity contribution is 5.24. The van der Waals surface area contributed by atoms with Crippen LogP contribution in [0.5, 0.6) is 0 Å². The summed E-state index contributed by atoms with van der Waals surface area (Å²) in [7, 11) is 0. The first-order valence-corrected chi connectivity index (χ1v) is 7.49. The predicted molar refractivity (Wildman–Crippen MR) is 77.9 cm³/mol. The number of rotatable bonds is 6. The van der Waals surface area contributed by atoms with Crippen molar-refractivity contribution in [3.63, 3.8) is 0 Å². The molecule has 0 amide bonds. The van der Waals surface area contributed by atoms with Crippen LogP contribution in [0.1, 0.15) is 37.3 Å². The molecule has 1 aliphatic rings. The molecular formula is C16H24F2N2. The third-order valence-corrected chi connectivity index (χ3v) is 4.03. The van der Waals surface area contributed by atoms with Crippen molar-refractivity contribution in [2.45, 2.75) is 32.7 Å². The van der Waals surface area contributed by atoms with Gasteiger partial charge in [-0.15, -0.1) is 0 Å². The summed E-state index contributed by atoms with van der Waals surface area (Å²) in [5.41, 5.74) is 1.11. The minimum Gasteiger partial charge on any atom is -0.317 e. The Balaban J connectivity index is 1.93. The lowest BCUT2D eigenvalue weighted by Crippen LogP contribution is -2.35. The topological polar surface area (TPSA) is 15.3 Å². The number of piperidine rings is 1. The third-order valence-electron chi connectivity index (χ3n) is 4.03. The van der Waals surface area contributed by atoms with Gasteiger partial charge in [-0.25, -0.2) is 8.78 Å². The standard InChI is InChI=1S/C16H24F2N2/c1-2-20(11-13-6-8-19-9-7-13)12-14-4-3-5-15(10-14)16(17)18/h3-5,10,13,16,19H,2,6-9,11-12H2,1H3. The molecule has 0 aromatic heterocycles. The fraction of sp³-hybridized carbons (Fsp3) is 0.625. The van der Waals surface area contributed by atoms with E-state index < -0.39 is 6.43 Å². The summed E-state index contributed by atoms with van der Waals surface area (Å²) < 4.78 is 25.4. The Bertz CT molecular complexity index is 403. The molecule has 2 nitrogen and oxygen atoms in total. The number of halogens is 2. The first-order valence-electron chi connectivity index (χ1n) is 7.49. The highest BCUT2D eigenvalue weighted by Gasteiger charge is 2.16. The number of hydrogen-bond acceptors (Lipinski definition) is 2. The Morgan fingerprint density at radius 1 is 1.30 bits per heavy atom. The van der Waals surface area contributed by atoms with Gasteiger partial charge >= 0.3 is 0 Å². The van der Waals surface area contributed by atoms with Crippen molar-refractivity contribution in [2.24, 2.45) is 5.92 Å². The zero-order chi connectivity index (χ0) is 14.4. The molecule has 4 heteroatoms. The van der Waals surface area contributed by atoms with Crippen LogP contribution in [0.15, 0.2) is 24.3 Å². The fourth-order valence-corrected chi connectivity index (χ4v) is 2.82. The molecule has 0 spiro atoms. The molecule has 2 rings (SSSR count). The number of benzene rings is 1. The quantitative estimate of drug-likeness (QED) is 0.859. The summed E-state index contributed by atoms with van der Waals surface area (Å²) in [6, 6.07) is 6.80. The van der Waals surface area contributed by atoms with E-state index in [1.54, 1.807) is 12.1 Å². The van der Waals surface area contributed by atoms with Gasteiger partial charge in [-0.1, -0.05) is 25.1 Å². The molecule has 112 valence electrons. The van der Waals surface area contributed by atoms with E-state index in [4.69, 9.17) is 0 Å². The Labute approximate surface area is 120 Å². The molecule has 0 aliphatic carbocycles. The molecule has 20 heavy (non-hydrogen) atoms. The number of alkyl halides is 2. The lowest BCUT2D eigenvalue weighted by molar-refractivity contribution is 0.151. The van der Waals surface area contributed by atoms with Gasteiger partial charge in [0, 0.05) is 18.7 Å². The van der Waals surface area contributed by atoms with Gasteiger partial charge in [0.05, 0.1) is 0 Å². The second-order valence-corrected chi connectivity index (χ2v) is 5.57.